The second kappa shape index (κ2) is 5.35. The van der Waals surface area contributed by atoms with Crippen LogP contribution in [0.25, 0.3) is 20.9 Å². The highest BCUT2D eigenvalue weighted by atomic mass is 16.6. The lowest BCUT2D eigenvalue weighted by Crippen LogP contribution is -2.58. The maximum atomic E-state index is 12.3. The van der Waals surface area contributed by atoms with Gasteiger partial charge in [0.2, 0.25) is 0 Å². The molecule has 1 aliphatic carbocycles. The molecule has 1 heterocycles. The SMILES string of the molecule is CC(C)(C)OC(=O)N1CC[C@H](N=[N+]=[N-])[C@H](N=[N+]=[N-])C12CC2. The summed E-state index contributed by atoms with van der Waals surface area (Å²) in [4.78, 5) is 19.7. The lowest BCUT2D eigenvalue weighted by molar-refractivity contribution is 0.0000715. The molecule has 21 heavy (non-hydrogen) atoms. The van der Waals surface area contributed by atoms with Crippen molar-refractivity contribution in [2.45, 2.75) is 63.3 Å². The van der Waals surface area contributed by atoms with E-state index in [9.17, 15) is 4.79 Å². The van der Waals surface area contributed by atoms with Gasteiger partial charge in [-0.15, -0.1) is 0 Å². The molecule has 2 fully saturated rings. The van der Waals surface area contributed by atoms with Crippen molar-refractivity contribution >= 4 is 6.09 Å². The quantitative estimate of drug-likeness (QED) is 0.438. The van der Waals surface area contributed by atoms with Gasteiger partial charge in [-0.25, -0.2) is 4.79 Å². The van der Waals surface area contributed by atoms with Gasteiger partial charge in [0.15, 0.2) is 0 Å². The van der Waals surface area contributed by atoms with E-state index in [1.807, 2.05) is 20.8 Å². The second-order valence-corrected chi connectivity index (χ2v) is 6.45. The first-order chi connectivity index (χ1) is 9.84. The summed E-state index contributed by atoms with van der Waals surface area (Å²) in [5, 5.41) is 7.52. The molecule has 9 heteroatoms. The zero-order valence-electron chi connectivity index (χ0n) is 12.4. The fourth-order valence-electron chi connectivity index (χ4n) is 2.87. The van der Waals surface area contributed by atoms with Gasteiger partial charge in [-0.05, 0) is 51.1 Å². The smallest absolute Gasteiger partial charge is 0.410 e. The van der Waals surface area contributed by atoms with Crippen molar-refractivity contribution in [1.29, 1.82) is 0 Å². The topological polar surface area (TPSA) is 127 Å². The number of nitrogens with zero attached hydrogens (tertiary/aromatic N) is 7. The average molecular weight is 293 g/mol. The van der Waals surface area contributed by atoms with E-state index in [0.29, 0.717) is 13.0 Å². The number of ether oxygens (including phenoxy) is 1. The van der Waals surface area contributed by atoms with Crippen molar-refractivity contribution in [1.82, 2.24) is 4.90 Å². The van der Waals surface area contributed by atoms with Crippen molar-refractivity contribution in [2.75, 3.05) is 6.54 Å². The summed E-state index contributed by atoms with van der Waals surface area (Å²) in [7, 11) is 0. The third-order valence-corrected chi connectivity index (χ3v) is 3.85. The Morgan fingerprint density at radius 3 is 2.38 bits per heavy atom. The number of amides is 1. The van der Waals surface area contributed by atoms with Crippen LogP contribution in [0.5, 0.6) is 0 Å². The number of azide groups is 2. The Morgan fingerprint density at radius 1 is 1.29 bits per heavy atom. The number of piperidine rings is 1. The predicted octanol–water partition coefficient (Wildman–Crippen LogP) is 3.52. The fourth-order valence-corrected chi connectivity index (χ4v) is 2.87. The first-order valence-electron chi connectivity index (χ1n) is 6.93. The maximum absolute atomic E-state index is 12.3. The molecule has 2 aliphatic rings. The molecule has 0 radical (unpaired) electrons. The number of hydrogen-bond donors (Lipinski definition) is 0. The molecule has 1 amide bonds. The van der Waals surface area contributed by atoms with Crippen LogP contribution in [-0.4, -0.2) is 40.8 Å². The average Bonchev–Trinajstić information content (AvgIpc) is 3.13. The van der Waals surface area contributed by atoms with E-state index in [4.69, 9.17) is 15.8 Å². The van der Waals surface area contributed by atoms with Crippen LogP contribution in [0, 0.1) is 0 Å². The van der Waals surface area contributed by atoms with Crippen LogP contribution in [0.2, 0.25) is 0 Å². The summed E-state index contributed by atoms with van der Waals surface area (Å²) in [6, 6.07) is -0.938. The second-order valence-electron chi connectivity index (χ2n) is 6.45. The van der Waals surface area contributed by atoms with E-state index < -0.39 is 29.3 Å². The summed E-state index contributed by atoms with van der Waals surface area (Å²) in [6.07, 6.45) is 1.52. The zero-order valence-corrected chi connectivity index (χ0v) is 12.4. The molecule has 0 aromatic heterocycles. The van der Waals surface area contributed by atoms with E-state index in [1.54, 1.807) is 4.90 Å². The van der Waals surface area contributed by atoms with Gasteiger partial charge in [0.1, 0.15) is 5.60 Å². The van der Waals surface area contributed by atoms with Crippen molar-refractivity contribution in [3.63, 3.8) is 0 Å². The molecule has 2 atom stereocenters. The number of hydrogen-bond acceptors (Lipinski definition) is 4. The van der Waals surface area contributed by atoms with Crippen LogP contribution in [0.3, 0.4) is 0 Å². The molecular formula is C12H19N7O2. The van der Waals surface area contributed by atoms with Crippen molar-refractivity contribution in [2.24, 2.45) is 10.2 Å². The molecular weight excluding hydrogens is 274 g/mol. The Labute approximate surface area is 122 Å². The molecule has 114 valence electrons. The largest absolute Gasteiger partial charge is 0.444 e. The summed E-state index contributed by atoms with van der Waals surface area (Å²) >= 11 is 0. The molecule has 0 bridgehead atoms. The third-order valence-electron chi connectivity index (χ3n) is 3.85. The molecule has 0 unspecified atom stereocenters. The molecule has 1 spiro atoms. The highest BCUT2D eigenvalue weighted by Crippen LogP contribution is 2.51. The Kier molecular flexibility index (Phi) is 3.89. The molecule has 1 aliphatic heterocycles. The van der Waals surface area contributed by atoms with Gasteiger partial charge in [0, 0.05) is 22.4 Å². The Hall–Kier alpha value is -2.11. The third kappa shape index (κ3) is 2.99. The zero-order chi connectivity index (χ0) is 15.7. The normalized spacial score (nSPS) is 26.5. The van der Waals surface area contributed by atoms with E-state index in [-0.39, 0.29) is 0 Å². The van der Waals surface area contributed by atoms with Gasteiger partial charge in [-0.3, -0.25) is 0 Å². The Balaban J connectivity index is 2.25. The molecule has 1 saturated carbocycles. The number of rotatable bonds is 2. The van der Waals surface area contributed by atoms with E-state index in [0.717, 1.165) is 12.8 Å². The number of carbonyl (C=O) groups is 1. The molecule has 0 N–H and O–H groups in total. The minimum atomic E-state index is -0.581. The highest BCUT2D eigenvalue weighted by molar-refractivity contribution is 5.70. The van der Waals surface area contributed by atoms with E-state index >= 15 is 0 Å². The van der Waals surface area contributed by atoms with Gasteiger partial charge >= 0.3 is 6.09 Å². The summed E-state index contributed by atoms with van der Waals surface area (Å²) in [5.41, 5.74) is 16.3. The van der Waals surface area contributed by atoms with Crippen molar-refractivity contribution in [3.8, 4) is 0 Å². The minimum absolute atomic E-state index is 0.405. The molecule has 2 rings (SSSR count). The molecule has 1 saturated heterocycles. The maximum Gasteiger partial charge on any atom is 0.410 e. The molecule has 0 aromatic carbocycles. The van der Waals surface area contributed by atoms with Gasteiger partial charge < -0.3 is 9.64 Å². The lowest BCUT2D eigenvalue weighted by atomic mass is 9.90. The van der Waals surface area contributed by atoms with Gasteiger partial charge in [0.05, 0.1) is 11.6 Å². The van der Waals surface area contributed by atoms with Gasteiger partial charge in [0.25, 0.3) is 0 Å². The first-order valence-corrected chi connectivity index (χ1v) is 6.93. The number of likely N-dealkylation sites (tertiary alicyclic amines) is 1. The van der Waals surface area contributed by atoms with Crippen LogP contribution in [-0.2, 0) is 4.74 Å². The molecule has 9 nitrogen and oxygen atoms in total. The number of carbonyl (C=O) groups excluding carboxylic acids is 1. The summed E-state index contributed by atoms with van der Waals surface area (Å²) in [5.74, 6) is 0. The van der Waals surface area contributed by atoms with Gasteiger partial charge in [-0.1, -0.05) is 10.2 Å². The summed E-state index contributed by atoms with van der Waals surface area (Å²) < 4.78 is 5.42. The van der Waals surface area contributed by atoms with Crippen molar-refractivity contribution < 1.29 is 9.53 Å². The Morgan fingerprint density at radius 2 is 1.90 bits per heavy atom. The van der Waals surface area contributed by atoms with E-state index in [1.165, 1.54) is 0 Å². The van der Waals surface area contributed by atoms with Crippen LogP contribution in [0.1, 0.15) is 40.0 Å². The predicted molar refractivity (Wildman–Crippen MR) is 75.4 cm³/mol. The highest BCUT2D eigenvalue weighted by Gasteiger charge is 2.60. The fraction of sp³-hybridized carbons (Fsp3) is 0.917. The summed E-state index contributed by atoms with van der Waals surface area (Å²) in [6.45, 7) is 5.86. The first kappa shape index (κ1) is 15.3. The van der Waals surface area contributed by atoms with Crippen molar-refractivity contribution in [3.05, 3.63) is 20.9 Å². The van der Waals surface area contributed by atoms with Crippen LogP contribution in [0.4, 0.5) is 4.79 Å². The Bertz CT molecular complexity index is 524. The van der Waals surface area contributed by atoms with Gasteiger partial charge in [-0.2, -0.15) is 0 Å². The lowest BCUT2D eigenvalue weighted by Gasteiger charge is -2.43. The van der Waals surface area contributed by atoms with Crippen LogP contribution < -0.4 is 0 Å². The van der Waals surface area contributed by atoms with Crippen LogP contribution >= 0.6 is 0 Å². The monoisotopic (exact) mass is 293 g/mol. The molecule has 0 aromatic rings. The van der Waals surface area contributed by atoms with Crippen LogP contribution in [0.15, 0.2) is 10.2 Å². The van der Waals surface area contributed by atoms with E-state index in [2.05, 4.69) is 20.1 Å². The standard InChI is InChI=1S/C12H19N7O2/c1-11(2,3)21-10(20)19-7-4-8(15-17-13)9(16-18-14)12(19)5-6-12/h8-9H,4-7H2,1-3H3/t8-,9-/m0/s1. The minimum Gasteiger partial charge on any atom is -0.444 e.